The van der Waals surface area contributed by atoms with Crippen LogP contribution in [-0.4, -0.2) is 36.9 Å². The Labute approximate surface area is 152 Å². The predicted octanol–water partition coefficient (Wildman–Crippen LogP) is 3.25. The lowest BCUT2D eigenvalue weighted by Gasteiger charge is -2.17. The van der Waals surface area contributed by atoms with Crippen molar-refractivity contribution in [1.29, 1.82) is 0 Å². The van der Waals surface area contributed by atoms with Crippen molar-refractivity contribution in [1.82, 2.24) is 4.90 Å². The molecule has 6 heteroatoms. The number of amides is 2. The number of para-hydroxylation sites is 1. The maximum atomic E-state index is 13.1. The van der Waals surface area contributed by atoms with E-state index in [2.05, 4.69) is 5.32 Å². The Morgan fingerprint density at radius 2 is 1.92 bits per heavy atom. The van der Waals surface area contributed by atoms with Gasteiger partial charge in [-0.15, -0.1) is 0 Å². The van der Waals surface area contributed by atoms with E-state index >= 15 is 0 Å². The largest absolute Gasteiger partial charge is 0.494 e. The Kier molecular flexibility index (Phi) is 7.14. The van der Waals surface area contributed by atoms with Crippen LogP contribution in [0.3, 0.4) is 0 Å². The number of aryl methyl sites for hydroxylation is 1. The van der Waals surface area contributed by atoms with E-state index in [1.807, 2.05) is 31.2 Å². The van der Waals surface area contributed by atoms with E-state index in [0.29, 0.717) is 18.7 Å². The molecule has 2 amide bonds. The quantitative estimate of drug-likeness (QED) is 0.788. The Morgan fingerprint density at radius 1 is 1.15 bits per heavy atom. The molecule has 2 aromatic rings. The zero-order chi connectivity index (χ0) is 18.9. The van der Waals surface area contributed by atoms with Gasteiger partial charge in [0.05, 0.1) is 13.2 Å². The summed E-state index contributed by atoms with van der Waals surface area (Å²) in [7, 11) is 1.57. The fraction of sp³-hybridized carbons (Fsp3) is 0.300. The van der Waals surface area contributed by atoms with E-state index in [4.69, 9.17) is 4.74 Å². The van der Waals surface area contributed by atoms with Gasteiger partial charge in [0.25, 0.3) is 0 Å². The molecular weight excluding hydrogens is 335 g/mol. The Morgan fingerprint density at radius 3 is 2.65 bits per heavy atom. The lowest BCUT2D eigenvalue weighted by Crippen LogP contribution is -2.35. The number of benzene rings is 2. The SMILES string of the molecule is CCOc1ccccc1CCC(=O)N(C)CC(=O)Nc1cccc(F)c1. The molecule has 2 rings (SSSR count). The number of carbonyl (C=O) groups is 2. The molecule has 0 spiro atoms. The van der Waals surface area contributed by atoms with E-state index in [1.165, 1.54) is 23.1 Å². The summed E-state index contributed by atoms with van der Waals surface area (Å²) in [5.41, 5.74) is 1.32. The van der Waals surface area contributed by atoms with E-state index in [1.54, 1.807) is 13.1 Å². The first-order valence-corrected chi connectivity index (χ1v) is 8.49. The molecule has 0 bridgehead atoms. The average molecular weight is 358 g/mol. The molecule has 0 atom stereocenters. The first-order valence-electron chi connectivity index (χ1n) is 8.49. The van der Waals surface area contributed by atoms with Crippen LogP contribution in [0.5, 0.6) is 5.75 Å². The van der Waals surface area contributed by atoms with Crippen molar-refractivity contribution in [3.63, 3.8) is 0 Å². The maximum Gasteiger partial charge on any atom is 0.243 e. The summed E-state index contributed by atoms with van der Waals surface area (Å²) < 4.78 is 18.7. The van der Waals surface area contributed by atoms with Crippen LogP contribution in [0, 0.1) is 5.82 Å². The van der Waals surface area contributed by atoms with Gasteiger partial charge in [-0.3, -0.25) is 9.59 Å². The van der Waals surface area contributed by atoms with Gasteiger partial charge in [0.1, 0.15) is 11.6 Å². The smallest absolute Gasteiger partial charge is 0.243 e. The second-order valence-corrected chi connectivity index (χ2v) is 5.85. The van der Waals surface area contributed by atoms with Crippen LogP contribution in [0.25, 0.3) is 0 Å². The number of carbonyl (C=O) groups excluding carboxylic acids is 2. The summed E-state index contributed by atoms with van der Waals surface area (Å²) in [5, 5.41) is 2.58. The van der Waals surface area contributed by atoms with Crippen LogP contribution in [0.15, 0.2) is 48.5 Å². The minimum Gasteiger partial charge on any atom is -0.494 e. The lowest BCUT2D eigenvalue weighted by atomic mass is 10.1. The summed E-state index contributed by atoms with van der Waals surface area (Å²) in [4.78, 5) is 25.6. The number of nitrogens with zero attached hydrogens (tertiary/aromatic N) is 1. The maximum absolute atomic E-state index is 13.1. The molecule has 0 heterocycles. The lowest BCUT2D eigenvalue weighted by molar-refractivity contribution is -0.133. The Bertz CT molecular complexity index is 764. The predicted molar refractivity (Wildman–Crippen MR) is 98.6 cm³/mol. The fourth-order valence-electron chi connectivity index (χ4n) is 2.51. The van der Waals surface area contributed by atoms with Gasteiger partial charge in [0.2, 0.25) is 11.8 Å². The molecule has 0 fully saturated rings. The molecular formula is C20H23FN2O3. The number of rotatable bonds is 8. The molecule has 2 aromatic carbocycles. The number of halogens is 1. The topological polar surface area (TPSA) is 58.6 Å². The minimum atomic E-state index is -0.430. The van der Waals surface area contributed by atoms with Crippen molar-refractivity contribution < 1.29 is 18.7 Å². The molecule has 0 aliphatic rings. The van der Waals surface area contributed by atoms with E-state index in [0.717, 1.165) is 11.3 Å². The number of nitrogens with one attached hydrogen (secondary N) is 1. The molecule has 0 aliphatic carbocycles. The highest BCUT2D eigenvalue weighted by Crippen LogP contribution is 2.19. The minimum absolute atomic E-state index is 0.0948. The van der Waals surface area contributed by atoms with Gasteiger partial charge in [-0.05, 0) is 43.2 Å². The zero-order valence-corrected chi connectivity index (χ0v) is 15.0. The van der Waals surface area contributed by atoms with E-state index in [9.17, 15) is 14.0 Å². The van der Waals surface area contributed by atoms with Crippen molar-refractivity contribution in [3.8, 4) is 5.75 Å². The molecule has 0 aliphatic heterocycles. The third kappa shape index (κ3) is 5.88. The van der Waals surface area contributed by atoms with Crippen LogP contribution >= 0.6 is 0 Å². The number of ether oxygens (including phenoxy) is 1. The van der Waals surface area contributed by atoms with Gasteiger partial charge in [-0.25, -0.2) is 4.39 Å². The summed E-state index contributed by atoms with van der Waals surface area (Å²) >= 11 is 0. The molecule has 0 saturated heterocycles. The Hall–Kier alpha value is -2.89. The van der Waals surface area contributed by atoms with Crippen molar-refractivity contribution in [2.75, 3.05) is 25.5 Å². The molecule has 138 valence electrons. The highest BCUT2D eigenvalue weighted by molar-refractivity contribution is 5.94. The number of likely N-dealkylation sites (N-methyl/N-ethyl adjacent to an activating group) is 1. The number of anilines is 1. The monoisotopic (exact) mass is 358 g/mol. The van der Waals surface area contributed by atoms with Gasteiger partial charge in [0.15, 0.2) is 0 Å². The fourth-order valence-corrected chi connectivity index (χ4v) is 2.51. The van der Waals surface area contributed by atoms with Crippen LogP contribution in [0.2, 0.25) is 0 Å². The molecule has 5 nitrogen and oxygen atoms in total. The molecule has 0 aromatic heterocycles. The van der Waals surface area contributed by atoms with Gasteiger partial charge < -0.3 is 15.0 Å². The van der Waals surface area contributed by atoms with Gasteiger partial charge in [-0.1, -0.05) is 24.3 Å². The van der Waals surface area contributed by atoms with E-state index in [-0.39, 0.29) is 24.8 Å². The first-order chi connectivity index (χ1) is 12.5. The van der Waals surface area contributed by atoms with Crippen LogP contribution in [-0.2, 0) is 16.0 Å². The van der Waals surface area contributed by atoms with Crippen LogP contribution in [0.4, 0.5) is 10.1 Å². The highest BCUT2D eigenvalue weighted by atomic mass is 19.1. The second kappa shape index (κ2) is 9.56. The third-order valence-electron chi connectivity index (χ3n) is 3.80. The van der Waals surface area contributed by atoms with E-state index < -0.39 is 5.82 Å². The van der Waals surface area contributed by atoms with Crippen molar-refractivity contribution in [2.45, 2.75) is 19.8 Å². The summed E-state index contributed by atoms with van der Waals surface area (Å²) in [6.45, 7) is 2.38. The van der Waals surface area contributed by atoms with Gasteiger partial charge in [0, 0.05) is 19.2 Å². The van der Waals surface area contributed by atoms with Gasteiger partial charge in [-0.2, -0.15) is 0 Å². The standard InChI is InChI=1S/C20H23FN2O3/c1-3-26-18-10-5-4-7-15(18)11-12-20(25)23(2)14-19(24)22-17-9-6-8-16(21)13-17/h4-10,13H,3,11-12,14H2,1-2H3,(H,22,24). The van der Waals surface area contributed by atoms with Crippen LogP contribution < -0.4 is 10.1 Å². The normalized spacial score (nSPS) is 10.3. The van der Waals surface area contributed by atoms with Gasteiger partial charge >= 0.3 is 0 Å². The number of hydrogen-bond acceptors (Lipinski definition) is 3. The molecule has 0 saturated carbocycles. The highest BCUT2D eigenvalue weighted by Gasteiger charge is 2.14. The summed E-state index contributed by atoms with van der Waals surface area (Å²) in [6.07, 6.45) is 0.804. The van der Waals surface area contributed by atoms with Crippen LogP contribution in [0.1, 0.15) is 18.9 Å². The van der Waals surface area contributed by atoms with Crippen molar-refractivity contribution >= 4 is 17.5 Å². The number of hydrogen-bond donors (Lipinski definition) is 1. The molecule has 26 heavy (non-hydrogen) atoms. The van der Waals surface area contributed by atoms with Crippen molar-refractivity contribution in [3.05, 3.63) is 59.9 Å². The average Bonchev–Trinajstić information content (AvgIpc) is 2.60. The second-order valence-electron chi connectivity index (χ2n) is 5.85. The first kappa shape index (κ1) is 19.4. The summed E-state index contributed by atoms with van der Waals surface area (Å²) in [6, 6.07) is 13.2. The Balaban J connectivity index is 1.84. The zero-order valence-electron chi connectivity index (χ0n) is 15.0. The summed E-state index contributed by atoms with van der Waals surface area (Å²) in [5.74, 6) is -0.179. The third-order valence-corrected chi connectivity index (χ3v) is 3.80. The molecule has 0 radical (unpaired) electrons. The van der Waals surface area contributed by atoms with Crippen molar-refractivity contribution in [2.24, 2.45) is 0 Å². The molecule has 1 N–H and O–H groups in total. The molecule has 0 unspecified atom stereocenters.